The summed E-state index contributed by atoms with van der Waals surface area (Å²) in [6.45, 7) is 2.05. The fraction of sp³-hybridized carbons (Fsp3) is 0.385. The van der Waals surface area contributed by atoms with Gasteiger partial charge in [-0.25, -0.2) is 0 Å². The molecule has 0 heterocycles. The molecule has 0 spiro atoms. The normalized spacial score (nSPS) is 9.83. The van der Waals surface area contributed by atoms with Gasteiger partial charge in [0.05, 0.1) is 5.56 Å². The lowest BCUT2D eigenvalue weighted by Gasteiger charge is -2.08. The molecule has 98 valence electrons. The van der Waals surface area contributed by atoms with E-state index in [1.165, 1.54) is 12.1 Å². The van der Waals surface area contributed by atoms with Crippen LogP contribution in [0.1, 0.15) is 43.0 Å². The Morgan fingerprint density at radius 2 is 1.89 bits per heavy atom. The Balaban J connectivity index is 2.38. The molecule has 0 atom stereocenters. The predicted octanol–water partition coefficient (Wildman–Crippen LogP) is 1.73. The maximum atomic E-state index is 11.6. The number of phenolic OH excluding ortho intramolecular Hbond substituents is 1. The molecule has 1 aromatic rings. The Morgan fingerprint density at radius 3 is 2.56 bits per heavy atom. The standard InChI is InChI=1S/C13H18N2O3/c1-2-3-4-9-12(17)14-15-13(18)10-7-5-6-8-11(10)16/h5-8,16H,2-4,9H2,1H3,(H,14,17)(H,15,18). The summed E-state index contributed by atoms with van der Waals surface area (Å²) in [5, 5.41) is 9.45. The minimum atomic E-state index is -0.531. The van der Waals surface area contributed by atoms with E-state index in [0.717, 1.165) is 19.3 Å². The minimum absolute atomic E-state index is 0.116. The first-order valence-corrected chi connectivity index (χ1v) is 6.02. The number of rotatable bonds is 5. The third-order valence-electron chi connectivity index (χ3n) is 2.47. The van der Waals surface area contributed by atoms with E-state index in [1.54, 1.807) is 12.1 Å². The first-order valence-electron chi connectivity index (χ1n) is 6.02. The first kappa shape index (κ1) is 14.0. The number of benzene rings is 1. The van der Waals surface area contributed by atoms with Crippen LogP contribution in [0, 0.1) is 0 Å². The Kier molecular flexibility index (Phi) is 5.70. The summed E-state index contributed by atoms with van der Waals surface area (Å²) in [5.41, 5.74) is 4.72. The van der Waals surface area contributed by atoms with Crippen LogP contribution < -0.4 is 10.9 Å². The second kappa shape index (κ2) is 7.32. The topological polar surface area (TPSA) is 78.4 Å². The van der Waals surface area contributed by atoms with E-state index in [-0.39, 0.29) is 17.2 Å². The van der Waals surface area contributed by atoms with Crippen LogP contribution >= 0.6 is 0 Å². The van der Waals surface area contributed by atoms with Gasteiger partial charge in [-0.1, -0.05) is 31.9 Å². The fourth-order valence-electron chi connectivity index (χ4n) is 1.46. The Labute approximate surface area is 106 Å². The summed E-state index contributed by atoms with van der Waals surface area (Å²) < 4.78 is 0. The van der Waals surface area contributed by atoms with Gasteiger partial charge in [-0.2, -0.15) is 0 Å². The maximum absolute atomic E-state index is 11.6. The van der Waals surface area contributed by atoms with Gasteiger partial charge in [0.1, 0.15) is 5.75 Å². The third-order valence-corrected chi connectivity index (χ3v) is 2.47. The summed E-state index contributed by atoms with van der Waals surface area (Å²) in [7, 11) is 0. The smallest absolute Gasteiger partial charge is 0.273 e. The highest BCUT2D eigenvalue weighted by atomic mass is 16.3. The van der Waals surface area contributed by atoms with Gasteiger partial charge in [-0.3, -0.25) is 20.4 Å². The third kappa shape index (κ3) is 4.45. The lowest BCUT2D eigenvalue weighted by Crippen LogP contribution is -2.41. The quantitative estimate of drug-likeness (QED) is 0.550. The Hall–Kier alpha value is -2.04. The molecule has 0 saturated carbocycles. The largest absolute Gasteiger partial charge is 0.507 e. The zero-order chi connectivity index (χ0) is 13.4. The van der Waals surface area contributed by atoms with Crippen LogP contribution in [-0.4, -0.2) is 16.9 Å². The number of hydrogen-bond acceptors (Lipinski definition) is 3. The van der Waals surface area contributed by atoms with Crippen molar-refractivity contribution in [3.8, 4) is 5.75 Å². The summed E-state index contributed by atoms with van der Waals surface area (Å²) >= 11 is 0. The molecule has 2 amide bonds. The van der Waals surface area contributed by atoms with Crippen LogP contribution in [-0.2, 0) is 4.79 Å². The average molecular weight is 250 g/mol. The van der Waals surface area contributed by atoms with Crippen molar-refractivity contribution in [3.63, 3.8) is 0 Å². The van der Waals surface area contributed by atoms with Crippen molar-refractivity contribution in [2.45, 2.75) is 32.6 Å². The Bertz CT molecular complexity index is 418. The van der Waals surface area contributed by atoms with E-state index in [2.05, 4.69) is 17.8 Å². The number of hydrogen-bond donors (Lipinski definition) is 3. The van der Waals surface area contributed by atoms with Gasteiger partial charge in [0.15, 0.2) is 0 Å². The van der Waals surface area contributed by atoms with Crippen LogP contribution in [0.3, 0.4) is 0 Å². The van der Waals surface area contributed by atoms with Crippen molar-refractivity contribution in [3.05, 3.63) is 29.8 Å². The lowest BCUT2D eigenvalue weighted by molar-refractivity contribution is -0.121. The molecule has 0 aliphatic heterocycles. The number of nitrogens with one attached hydrogen (secondary N) is 2. The van der Waals surface area contributed by atoms with Gasteiger partial charge >= 0.3 is 0 Å². The van der Waals surface area contributed by atoms with Crippen LogP contribution in [0.4, 0.5) is 0 Å². The zero-order valence-corrected chi connectivity index (χ0v) is 10.4. The number of amides is 2. The monoisotopic (exact) mass is 250 g/mol. The van der Waals surface area contributed by atoms with Crippen molar-refractivity contribution in [2.24, 2.45) is 0 Å². The van der Waals surface area contributed by atoms with Crippen molar-refractivity contribution >= 4 is 11.8 Å². The van der Waals surface area contributed by atoms with E-state index < -0.39 is 5.91 Å². The second-order valence-corrected chi connectivity index (χ2v) is 3.98. The number of para-hydroxylation sites is 1. The van der Waals surface area contributed by atoms with Gasteiger partial charge in [-0.05, 0) is 18.6 Å². The van der Waals surface area contributed by atoms with E-state index in [4.69, 9.17) is 0 Å². The highest BCUT2D eigenvalue weighted by molar-refractivity contribution is 5.97. The van der Waals surface area contributed by atoms with Crippen molar-refractivity contribution in [2.75, 3.05) is 0 Å². The van der Waals surface area contributed by atoms with Crippen LogP contribution in [0.15, 0.2) is 24.3 Å². The predicted molar refractivity (Wildman–Crippen MR) is 67.9 cm³/mol. The van der Waals surface area contributed by atoms with Gasteiger partial charge in [0, 0.05) is 6.42 Å². The molecule has 0 aliphatic rings. The van der Waals surface area contributed by atoms with Gasteiger partial charge in [-0.15, -0.1) is 0 Å². The molecule has 0 saturated heterocycles. The number of carbonyl (C=O) groups excluding carboxylic acids is 2. The van der Waals surface area contributed by atoms with Gasteiger partial charge in [0.2, 0.25) is 5.91 Å². The molecular weight excluding hydrogens is 232 g/mol. The molecule has 0 fully saturated rings. The summed E-state index contributed by atoms with van der Waals surface area (Å²) in [6.07, 6.45) is 3.21. The highest BCUT2D eigenvalue weighted by Crippen LogP contribution is 2.14. The number of carbonyl (C=O) groups is 2. The summed E-state index contributed by atoms with van der Waals surface area (Å²) in [4.78, 5) is 23.0. The van der Waals surface area contributed by atoms with Gasteiger partial charge in [0.25, 0.3) is 5.91 Å². The number of phenols is 1. The second-order valence-electron chi connectivity index (χ2n) is 3.98. The number of hydrazine groups is 1. The van der Waals surface area contributed by atoms with Crippen molar-refractivity contribution < 1.29 is 14.7 Å². The average Bonchev–Trinajstić information content (AvgIpc) is 2.37. The van der Waals surface area contributed by atoms with Crippen LogP contribution in [0.5, 0.6) is 5.75 Å². The fourth-order valence-corrected chi connectivity index (χ4v) is 1.46. The molecule has 18 heavy (non-hydrogen) atoms. The van der Waals surface area contributed by atoms with Gasteiger partial charge < -0.3 is 5.11 Å². The number of aromatic hydroxyl groups is 1. The molecule has 1 aromatic carbocycles. The van der Waals surface area contributed by atoms with E-state index in [9.17, 15) is 14.7 Å². The van der Waals surface area contributed by atoms with Crippen LogP contribution in [0.2, 0.25) is 0 Å². The molecule has 5 nitrogen and oxygen atoms in total. The zero-order valence-electron chi connectivity index (χ0n) is 10.4. The maximum Gasteiger partial charge on any atom is 0.273 e. The molecule has 0 radical (unpaired) electrons. The van der Waals surface area contributed by atoms with Crippen molar-refractivity contribution in [1.82, 2.24) is 10.9 Å². The van der Waals surface area contributed by atoms with E-state index >= 15 is 0 Å². The molecule has 3 N–H and O–H groups in total. The summed E-state index contributed by atoms with van der Waals surface area (Å²) in [6, 6.07) is 6.15. The molecular formula is C13H18N2O3. The van der Waals surface area contributed by atoms with Crippen LogP contribution in [0.25, 0.3) is 0 Å². The Morgan fingerprint density at radius 1 is 1.17 bits per heavy atom. The van der Waals surface area contributed by atoms with Crippen molar-refractivity contribution in [1.29, 1.82) is 0 Å². The molecule has 0 aromatic heterocycles. The molecule has 0 aliphatic carbocycles. The molecule has 5 heteroatoms. The lowest BCUT2D eigenvalue weighted by atomic mass is 10.2. The number of unbranched alkanes of at least 4 members (excludes halogenated alkanes) is 2. The first-order chi connectivity index (χ1) is 8.65. The SMILES string of the molecule is CCCCCC(=O)NNC(=O)c1ccccc1O. The van der Waals surface area contributed by atoms with E-state index in [0.29, 0.717) is 6.42 Å². The highest BCUT2D eigenvalue weighted by Gasteiger charge is 2.10. The molecule has 1 rings (SSSR count). The summed E-state index contributed by atoms with van der Waals surface area (Å²) in [5.74, 6) is -0.876. The molecule has 0 unspecified atom stereocenters. The van der Waals surface area contributed by atoms with E-state index in [1.807, 2.05) is 0 Å². The minimum Gasteiger partial charge on any atom is -0.507 e. The molecule has 0 bridgehead atoms.